The van der Waals surface area contributed by atoms with Gasteiger partial charge in [0.05, 0.1) is 12.2 Å². The molecule has 0 aliphatic carbocycles. The third-order valence-corrected chi connectivity index (χ3v) is 5.54. The summed E-state index contributed by atoms with van der Waals surface area (Å²) in [6, 6.07) is 11.2. The zero-order valence-corrected chi connectivity index (χ0v) is 15.4. The summed E-state index contributed by atoms with van der Waals surface area (Å²) in [4.78, 5) is 2.39. The van der Waals surface area contributed by atoms with Crippen molar-refractivity contribution in [2.75, 3.05) is 7.05 Å². The van der Waals surface area contributed by atoms with Crippen LogP contribution in [-0.2, 0) is 6.42 Å². The molecule has 0 amide bonds. The molecule has 1 fully saturated rings. The average Bonchev–Trinajstić information content (AvgIpc) is 2.83. The third kappa shape index (κ3) is 5.87. The second kappa shape index (κ2) is 10.2. The fourth-order valence-electron chi connectivity index (χ4n) is 4.02. The van der Waals surface area contributed by atoms with Gasteiger partial charge in [-0.2, -0.15) is 0 Å². The minimum absolute atomic E-state index is 0.110. The van der Waals surface area contributed by atoms with Gasteiger partial charge >= 0.3 is 0 Å². The average molecular weight is 334 g/mol. The van der Waals surface area contributed by atoms with Crippen molar-refractivity contribution >= 4 is 0 Å². The number of aliphatic hydroxyl groups excluding tert-OH is 2. The molecule has 0 saturated carbocycles. The standard InChI is InChI=1S/C21H35NO2/c1-3-10-19(23)14-9-5-8-13-18-16-21(24)20(22(18)2)15-17-11-6-4-7-12-17/h4,6-7,11-12,18-21,23-24H,3,5,8-10,13-16H2,1-2H3. The molecule has 1 aliphatic rings. The number of likely N-dealkylation sites (tertiary alicyclic amines) is 1. The monoisotopic (exact) mass is 333 g/mol. The molecule has 2 rings (SSSR count). The lowest BCUT2D eigenvalue weighted by atomic mass is 10.0. The maximum Gasteiger partial charge on any atom is 0.0713 e. The van der Waals surface area contributed by atoms with Crippen LogP contribution in [-0.4, -0.2) is 46.5 Å². The van der Waals surface area contributed by atoms with Crippen LogP contribution < -0.4 is 0 Å². The summed E-state index contributed by atoms with van der Waals surface area (Å²) in [6.45, 7) is 2.12. The molecule has 3 heteroatoms. The Bertz CT molecular complexity index is 450. The molecule has 2 N–H and O–H groups in total. The van der Waals surface area contributed by atoms with Gasteiger partial charge in [0, 0.05) is 12.1 Å². The molecule has 0 bridgehead atoms. The molecule has 3 nitrogen and oxygen atoms in total. The summed E-state index contributed by atoms with van der Waals surface area (Å²) in [5.74, 6) is 0. The molecule has 24 heavy (non-hydrogen) atoms. The van der Waals surface area contributed by atoms with Crippen molar-refractivity contribution in [1.29, 1.82) is 0 Å². The topological polar surface area (TPSA) is 43.7 Å². The second-order valence-corrected chi connectivity index (χ2v) is 7.46. The van der Waals surface area contributed by atoms with Gasteiger partial charge in [-0.3, -0.25) is 4.90 Å². The maximum atomic E-state index is 10.5. The molecule has 136 valence electrons. The van der Waals surface area contributed by atoms with E-state index in [0.29, 0.717) is 6.04 Å². The molecular formula is C21H35NO2. The summed E-state index contributed by atoms with van der Waals surface area (Å²) >= 11 is 0. The van der Waals surface area contributed by atoms with Crippen molar-refractivity contribution in [1.82, 2.24) is 4.90 Å². The molecule has 1 saturated heterocycles. The van der Waals surface area contributed by atoms with Crippen LogP contribution in [0, 0.1) is 0 Å². The van der Waals surface area contributed by atoms with Crippen molar-refractivity contribution in [2.24, 2.45) is 0 Å². The Morgan fingerprint density at radius 2 is 1.88 bits per heavy atom. The second-order valence-electron chi connectivity index (χ2n) is 7.46. The fourth-order valence-corrected chi connectivity index (χ4v) is 4.02. The van der Waals surface area contributed by atoms with Crippen LogP contribution in [0.5, 0.6) is 0 Å². The van der Waals surface area contributed by atoms with Crippen LogP contribution >= 0.6 is 0 Å². The quantitative estimate of drug-likeness (QED) is 0.641. The number of benzene rings is 1. The van der Waals surface area contributed by atoms with Crippen LogP contribution in [0.15, 0.2) is 30.3 Å². The van der Waals surface area contributed by atoms with Gasteiger partial charge in [-0.15, -0.1) is 0 Å². The Balaban J connectivity index is 1.69. The van der Waals surface area contributed by atoms with Gasteiger partial charge in [0.25, 0.3) is 0 Å². The van der Waals surface area contributed by atoms with Crippen LogP contribution in [0.2, 0.25) is 0 Å². The highest BCUT2D eigenvalue weighted by molar-refractivity contribution is 5.17. The molecule has 0 spiro atoms. The molecule has 0 radical (unpaired) electrons. The Morgan fingerprint density at radius 3 is 2.58 bits per heavy atom. The molecule has 1 heterocycles. The predicted molar refractivity (Wildman–Crippen MR) is 100 cm³/mol. The molecule has 1 aromatic rings. The molecule has 1 aromatic carbocycles. The van der Waals surface area contributed by atoms with Gasteiger partial charge in [-0.05, 0) is 44.7 Å². The van der Waals surface area contributed by atoms with Crippen LogP contribution in [0.3, 0.4) is 0 Å². The third-order valence-electron chi connectivity index (χ3n) is 5.54. The first-order chi connectivity index (χ1) is 11.6. The van der Waals surface area contributed by atoms with Crippen molar-refractivity contribution in [3.63, 3.8) is 0 Å². The van der Waals surface area contributed by atoms with Crippen molar-refractivity contribution in [3.05, 3.63) is 35.9 Å². The van der Waals surface area contributed by atoms with E-state index in [1.54, 1.807) is 0 Å². The summed E-state index contributed by atoms with van der Waals surface area (Å²) in [5.41, 5.74) is 1.30. The number of aliphatic hydroxyl groups is 2. The van der Waals surface area contributed by atoms with E-state index >= 15 is 0 Å². The zero-order chi connectivity index (χ0) is 17.4. The van der Waals surface area contributed by atoms with E-state index in [0.717, 1.165) is 44.9 Å². The smallest absolute Gasteiger partial charge is 0.0713 e. The van der Waals surface area contributed by atoms with Gasteiger partial charge in [-0.1, -0.05) is 62.9 Å². The highest BCUT2D eigenvalue weighted by Gasteiger charge is 2.37. The Morgan fingerprint density at radius 1 is 1.12 bits per heavy atom. The van der Waals surface area contributed by atoms with E-state index < -0.39 is 0 Å². The molecule has 4 unspecified atom stereocenters. The first-order valence-corrected chi connectivity index (χ1v) is 9.73. The van der Waals surface area contributed by atoms with Gasteiger partial charge in [0.2, 0.25) is 0 Å². The summed E-state index contributed by atoms with van der Waals surface area (Å²) in [6.07, 6.45) is 9.08. The minimum atomic E-state index is -0.216. The zero-order valence-electron chi connectivity index (χ0n) is 15.4. The van der Waals surface area contributed by atoms with Gasteiger partial charge in [0.15, 0.2) is 0 Å². The number of rotatable bonds is 10. The number of likely N-dealkylation sites (N-methyl/N-ethyl adjacent to an activating group) is 1. The van der Waals surface area contributed by atoms with Crippen molar-refractivity contribution in [2.45, 2.75) is 89.0 Å². The number of unbranched alkanes of at least 4 members (excludes halogenated alkanes) is 2. The first-order valence-electron chi connectivity index (χ1n) is 9.73. The Hall–Kier alpha value is -0.900. The van der Waals surface area contributed by atoms with Crippen LogP contribution in [0.25, 0.3) is 0 Å². The van der Waals surface area contributed by atoms with E-state index in [1.807, 2.05) is 6.07 Å². The molecular weight excluding hydrogens is 298 g/mol. The van der Waals surface area contributed by atoms with Gasteiger partial charge < -0.3 is 10.2 Å². The summed E-state index contributed by atoms with van der Waals surface area (Å²) in [5, 5.41) is 20.2. The van der Waals surface area contributed by atoms with Crippen molar-refractivity contribution < 1.29 is 10.2 Å². The first kappa shape index (κ1) is 19.4. The highest BCUT2D eigenvalue weighted by Crippen LogP contribution is 2.29. The lowest BCUT2D eigenvalue weighted by molar-refractivity contribution is 0.123. The molecule has 1 aliphatic heterocycles. The van der Waals surface area contributed by atoms with E-state index in [9.17, 15) is 10.2 Å². The van der Waals surface area contributed by atoms with Crippen LogP contribution in [0.1, 0.15) is 63.9 Å². The maximum absolute atomic E-state index is 10.5. The van der Waals surface area contributed by atoms with E-state index in [4.69, 9.17) is 0 Å². The largest absolute Gasteiger partial charge is 0.393 e. The van der Waals surface area contributed by atoms with Gasteiger partial charge in [0.1, 0.15) is 0 Å². The number of nitrogens with zero attached hydrogens (tertiary/aromatic N) is 1. The van der Waals surface area contributed by atoms with Gasteiger partial charge in [-0.25, -0.2) is 0 Å². The number of hydrogen-bond acceptors (Lipinski definition) is 3. The molecule has 0 aromatic heterocycles. The predicted octanol–water partition coefficient (Wildman–Crippen LogP) is 3.77. The Kier molecular flexibility index (Phi) is 8.23. The highest BCUT2D eigenvalue weighted by atomic mass is 16.3. The lowest BCUT2D eigenvalue weighted by Crippen LogP contribution is -2.37. The number of hydrogen-bond donors (Lipinski definition) is 2. The minimum Gasteiger partial charge on any atom is -0.393 e. The normalized spacial score (nSPS) is 25.9. The summed E-state index contributed by atoms with van der Waals surface area (Å²) < 4.78 is 0. The SMILES string of the molecule is CCCC(O)CCCCCC1CC(O)C(Cc2ccccc2)N1C. The fraction of sp³-hybridized carbons (Fsp3) is 0.714. The van der Waals surface area contributed by atoms with E-state index in [-0.39, 0.29) is 18.2 Å². The molecule has 4 atom stereocenters. The Labute approximate surface area is 147 Å². The lowest BCUT2D eigenvalue weighted by Gasteiger charge is -2.26. The van der Waals surface area contributed by atoms with Crippen LogP contribution in [0.4, 0.5) is 0 Å². The van der Waals surface area contributed by atoms with E-state index in [2.05, 4.69) is 43.1 Å². The van der Waals surface area contributed by atoms with E-state index in [1.165, 1.54) is 18.4 Å². The summed E-state index contributed by atoms with van der Waals surface area (Å²) in [7, 11) is 2.17. The van der Waals surface area contributed by atoms with Crippen molar-refractivity contribution in [3.8, 4) is 0 Å².